The minimum atomic E-state index is -0.185. The Kier molecular flexibility index (Phi) is 5.53. The van der Waals surface area contributed by atoms with Gasteiger partial charge in [-0.2, -0.15) is 0 Å². The third-order valence-electron chi connectivity index (χ3n) is 3.83. The van der Waals surface area contributed by atoms with Gasteiger partial charge in [0.15, 0.2) is 0 Å². The van der Waals surface area contributed by atoms with Crippen molar-refractivity contribution in [2.45, 2.75) is 13.0 Å². The van der Waals surface area contributed by atoms with Gasteiger partial charge >= 0.3 is 0 Å². The lowest BCUT2D eigenvalue weighted by molar-refractivity contribution is 0.101. The highest BCUT2D eigenvalue weighted by Gasteiger charge is 2.12. The van der Waals surface area contributed by atoms with Gasteiger partial charge in [0.05, 0.1) is 6.61 Å². The monoisotopic (exact) mass is 336 g/mol. The van der Waals surface area contributed by atoms with E-state index in [-0.39, 0.29) is 5.91 Å². The summed E-state index contributed by atoms with van der Waals surface area (Å²) < 4.78 is 6.98. The van der Waals surface area contributed by atoms with Crippen molar-refractivity contribution in [1.82, 2.24) is 14.5 Å². The maximum Gasteiger partial charge on any atom is 0.273 e. The van der Waals surface area contributed by atoms with E-state index in [0.29, 0.717) is 24.7 Å². The molecule has 3 aromatic heterocycles. The molecule has 0 saturated heterocycles. The van der Waals surface area contributed by atoms with Crippen molar-refractivity contribution < 1.29 is 9.53 Å². The Bertz CT molecular complexity index is 830. The zero-order valence-corrected chi connectivity index (χ0v) is 14.1. The number of anilines is 1. The van der Waals surface area contributed by atoms with Gasteiger partial charge in [-0.15, -0.1) is 0 Å². The fourth-order valence-electron chi connectivity index (χ4n) is 2.54. The first-order chi connectivity index (χ1) is 12.3. The summed E-state index contributed by atoms with van der Waals surface area (Å²) in [5, 5.41) is 2.86. The first kappa shape index (κ1) is 16.9. The van der Waals surface area contributed by atoms with E-state index in [2.05, 4.69) is 15.3 Å². The molecule has 0 radical (unpaired) electrons. The minimum absolute atomic E-state index is 0.185. The van der Waals surface area contributed by atoms with E-state index in [1.165, 1.54) is 0 Å². The number of carbonyl (C=O) groups is 1. The molecule has 0 aliphatic heterocycles. The molecule has 0 spiro atoms. The van der Waals surface area contributed by atoms with Gasteiger partial charge in [0.1, 0.15) is 11.5 Å². The molecule has 1 N–H and O–H groups in total. The topological polar surface area (TPSA) is 69.0 Å². The van der Waals surface area contributed by atoms with Crippen molar-refractivity contribution in [2.24, 2.45) is 0 Å². The lowest BCUT2D eigenvalue weighted by atomic mass is 10.2. The number of nitrogens with one attached hydrogen (secondary N) is 1. The number of carbonyl (C=O) groups excluding carboxylic acids is 1. The Morgan fingerprint density at radius 1 is 1.16 bits per heavy atom. The highest BCUT2D eigenvalue weighted by molar-refractivity contribution is 6.02. The summed E-state index contributed by atoms with van der Waals surface area (Å²) in [7, 11) is 1.67. The lowest BCUT2D eigenvalue weighted by Crippen LogP contribution is -2.18. The fourth-order valence-corrected chi connectivity index (χ4v) is 2.54. The van der Waals surface area contributed by atoms with Crippen LogP contribution < -0.4 is 5.32 Å². The van der Waals surface area contributed by atoms with Crippen LogP contribution in [0.25, 0.3) is 0 Å². The summed E-state index contributed by atoms with van der Waals surface area (Å²) in [4.78, 5) is 20.8. The summed E-state index contributed by atoms with van der Waals surface area (Å²) in [6.45, 7) is 1.24. The number of aromatic nitrogens is 3. The van der Waals surface area contributed by atoms with Crippen molar-refractivity contribution in [3.63, 3.8) is 0 Å². The molecule has 0 aromatic carbocycles. The first-order valence-corrected chi connectivity index (χ1v) is 8.05. The van der Waals surface area contributed by atoms with E-state index in [1.54, 1.807) is 31.8 Å². The number of hydrogen-bond donors (Lipinski definition) is 1. The summed E-state index contributed by atoms with van der Waals surface area (Å²) in [6, 6.07) is 11.3. The number of nitrogens with zero attached hydrogens (tertiary/aromatic N) is 3. The quantitative estimate of drug-likeness (QED) is 0.720. The Morgan fingerprint density at radius 2 is 1.96 bits per heavy atom. The molecule has 0 saturated carbocycles. The summed E-state index contributed by atoms with van der Waals surface area (Å²) in [6.07, 6.45) is 7.84. The summed E-state index contributed by atoms with van der Waals surface area (Å²) in [5.74, 6) is 0.353. The molecule has 3 heterocycles. The highest BCUT2D eigenvalue weighted by Crippen LogP contribution is 2.12. The van der Waals surface area contributed by atoms with Crippen molar-refractivity contribution >= 4 is 11.7 Å². The Hall–Kier alpha value is -2.99. The molecule has 1 amide bonds. The van der Waals surface area contributed by atoms with Crippen molar-refractivity contribution in [1.29, 1.82) is 0 Å². The van der Waals surface area contributed by atoms with Crippen molar-refractivity contribution in [2.75, 3.05) is 19.0 Å². The molecule has 25 heavy (non-hydrogen) atoms. The van der Waals surface area contributed by atoms with Crippen LogP contribution in [0.2, 0.25) is 0 Å². The molecule has 0 aliphatic rings. The van der Waals surface area contributed by atoms with E-state index in [0.717, 1.165) is 17.5 Å². The number of rotatable bonds is 7. The fraction of sp³-hybridized carbons (Fsp3) is 0.211. The second-order valence-corrected chi connectivity index (χ2v) is 5.62. The molecule has 0 unspecified atom stereocenters. The Labute approximate surface area is 146 Å². The van der Waals surface area contributed by atoms with E-state index in [9.17, 15) is 4.79 Å². The molecule has 0 bridgehead atoms. The number of ether oxygens (including phenoxy) is 1. The molecule has 0 fully saturated rings. The maximum absolute atomic E-state index is 12.6. The predicted octanol–water partition coefficient (Wildman–Crippen LogP) is 2.77. The van der Waals surface area contributed by atoms with Gasteiger partial charge in [-0.25, -0.2) is 4.98 Å². The van der Waals surface area contributed by atoms with Crippen LogP contribution in [0.4, 0.5) is 5.82 Å². The third-order valence-corrected chi connectivity index (χ3v) is 3.83. The summed E-state index contributed by atoms with van der Waals surface area (Å²) >= 11 is 0. The molecule has 3 rings (SSSR count). The maximum atomic E-state index is 12.6. The number of amides is 1. The van der Waals surface area contributed by atoms with Crippen LogP contribution in [0, 0.1) is 0 Å². The van der Waals surface area contributed by atoms with Crippen molar-refractivity contribution in [3.05, 3.63) is 78.0 Å². The van der Waals surface area contributed by atoms with E-state index in [4.69, 9.17) is 4.74 Å². The molecule has 0 aliphatic carbocycles. The van der Waals surface area contributed by atoms with Crippen LogP contribution in [-0.4, -0.2) is 34.2 Å². The third kappa shape index (κ3) is 4.51. The second kappa shape index (κ2) is 8.21. The normalized spacial score (nSPS) is 10.6. The largest absolute Gasteiger partial charge is 0.384 e. The van der Waals surface area contributed by atoms with Gasteiger partial charge in [0, 0.05) is 38.4 Å². The predicted molar refractivity (Wildman–Crippen MR) is 95.5 cm³/mol. The zero-order chi connectivity index (χ0) is 17.5. The van der Waals surface area contributed by atoms with E-state index < -0.39 is 0 Å². The molecule has 3 aromatic rings. The van der Waals surface area contributed by atoms with Crippen LogP contribution in [0.3, 0.4) is 0 Å². The molecule has 0 atom stereocenters. The van der Waals surface area contributed by atoms with Crippen molar-refractivity contribution in [3.8, 4) is 0 Å². The smallest absolute Gasteiger partial charge is 0.273 e. The van der Waals surface area contributed by atoms with Gasteiger partial charge in [-0.3, -0.25) is 9.78 Å². The number of hydrogen-bond acceptors (Lipinski definition) is 4. The summed E-state index contributed by atoms with van der Waals surface area (Å²) in [5.41, 5.74) is 2.74. The van der Waals surface area contributed by atoms with Crippen LogP contribution in [0.1, 0.15) is 21.6 Å². The zero-order valence-electron chi connectivity index (χ0n) is 14.1. The average Bonchev–Trinajstić information content (AvgIpc) is 3.09. The molecule has 6 nitrogen and oxygen atoms in total. The van der Waals surface area contributed by atoms with Gasteiger partial charge in [-0.1, -0.05) is 0 Å². The SMILES string of the molecule is COCCc1ccnc(NC(=O)c2cccn2Cc2ccncc2)c1. The lowest BCUT2D eigenvalue weighted by Gasteiger charge is -2.10. The van der Waals surface area contributed by atoms with E-state index >= 15 is 0 Å². The van der Waals surface area contributed by atoms with Crippen LogP contribution >= 0.6 is 0 Å². The molecule has 6 heteroatoms. The molecule has 128 valence electrons. The van der Waals surface area contributed by atoms with E-state index in [1.807, 2.05) is 41.1 Å². The number of pyridine rings is 2. The van der Waals surface area contributed by atoms with Gasteiger partial charge in [0.2, 0.25) is 0 Å². The van der Waals surface area contributed by atoms with Crippen LogP contribution in [0.15, 0.2) is 61.2 Å². The minimum Gasteiger partial charge on any atom is -0.384 e. The Balaban J connectivity index is 1.71. The molecular weight excluding hydrogens is 316 g/mol. The van der Waals surface area contributed by atoms with Gasteiger partial charge in [-0.05, 0) is 53.9 Å². The Morgan fingerprint density at radius 3 is 2.76 bits per heavy atom. The van der Waals surface area contributed by atoms with Gasteiger partial charge in [0.25, 0.3) is 5.91 Å². The first-order valence-electron chi connectivity index (χ1n) is 8.05. The average molecular weight is 336 g/mol. The van der Waals surface area contributed by atoms with Crippen LogP contribution in [-0.2, 0) is 17.7 Å². The highest BCUT2D eigenvalue weighted by atomic mass is 16.5. The number of methoxy groups -OCH3 is 1. The van der Waals surface area contributed by atoms with Gasteiger partial charge < -0.3 is 14.6 Å². The van der Waals surface area contributed by atoms with Crippen LogP contribution in [0.5, 0.6) is 0 Å². The molecular formula is C19H20N4O2. The standard InChI is InChI=1S/C19H20N4O2/c1-25-12-7-15-6-10-21-18(13-15)22-19(24)17-3-2-11-23(17)14-16-4-8-20-9-5-16/h2-6,8-11,13H,7,12,14H2,1H3,(H,21,22,24). The second-order valence-electron chi connectivity index (χ2n) is 5.62.